The highest BCUT2D eigenvalue weighted by Crippen LogP contribution is 2.24. The quantitative estimate of drug-likeness (QED) is 0.852. The Bertz CT molecular complexity index is 550. The second-order valence-electron chi connectivity index (χ2n) is 5.76. The van der Waals surface area contributed by atoms with Crippen molar-refractivity contribution in [3.8, 4) is 0 Å². The van der Waals surface area contributed by atoms with E-state index in [4.69, 9.17) is 0 Å². The molecule has 0 spiro atoms. The number of nitrogens with zero attached hydrogens (tertiary/aromatic N) is 3. The Kier molecular flexibility index (Phi) is 3.56. The molecule has 1 aromatic heterocycles. The number of likely N-dealkylation sites (tertiary alicyclic amines) is 2. The summed E-state index contributed by atoms with van der Waals surface area (Å²) in [5.74, 6) is -0.129. The van der Waals surface area contributed by atoms with Crippen LogP contribution in [0, 0.1) is 0 Å². The summed E-state index contributed by atoms with van der Waals surface area (Å²) in [6.07, 6.45) is 6.40. The fourth-order valence-corrected chi connectivity index (χ4v) is 3.15. The van der Waals surface area contributed by atoms with Crippen molar-refractivity contribution in [2.45, 2.75) is 38.3 Å². The van der Waals surface area contributed by atoms with Crippen molar-refractivity contribution in [3.05, 3.63) is 28.4 Å². The predicted molar refractivity (Wildman–Crippen MR) is 74.6 cm³/mol. The van der Waals surface area contributed by atoms with Crippen LogP contribution in [0.15, 0.2) is 17.2 Å². The van der Waals surface area contributed by atoms with Crippen molar-refractivity contribution in [1.29, 1.82) is 0 Å². The Labute approximate surface area is 117 Å². The van der Waals surface area contributed by atoms with Gasteiger partial charge in [0.15, 0.2) is 0 Å². The second-order valence-corrected chi connectivity index (χ2v) is 5.76. The van der Waals surface area contributed by atoms with Crippen LogP contribution in [0.5, 0.6) is 0 Å². The van der Waals surface area contributed by atoms with Gasteiger partial charge in [0.1, 0.15) is 5.69 Å². The molecule has 1 N–H and O–H groups in total. The lowest BCUT2D eigenvalue weighted by Crippen LogP contribution is -2.63. The molecule has 1 atom stereocenters. The number of hydrogen-bond donors (Lipinski definition) is 1. The number of piperidine rings is 1. The standard InChI is InChI=1S/C14H20N4O2/c1-10-4-2-3-5-18(10)11-8-17(9-11)14(20)12-6-15-7-13(19)16-12/h6-7,10-11H,2-5,8-9H2,1H3,(H,16,19)/t10-/m0/s1. The molecular formula is C14H20N4O2. The van der Waals surface area contributed by atoms with E-state index in [1.54, 1.807) is 4.90 Å². The summed E-state index contributed by atoms with van der Waals surface area (Å²) in [6.45, 7) is 4.90. The fourth-order valence-electron chi connectivity index (χ4n) is 3.15. The number of carbonyl (C=O) groups excluding carboxylic acids is 1. The molecule has 3 heterocycles. The van der Waals surface area contributed by atoms with Crippen LogP contribution in [0.4, 0.5) is 0 Å². The minimum atomic E-state index is -0.336. The molecule has 2 aliphatic heterocycles. The largest absolute Gasteiger partial charge is 0.334 e. The summed E-state index contributed by atoms with van der Waals surface area (Å²) >= 11 is 0. The average Bonchev–Trinajstić information content (AvgIpc) is 2.39. The summed E-state index contributed by atoms with van der Waals surface area (Å²) in [6, 6.07) is 1.09. The van der Waals surface area contributed by atoms with E-state index in [1.807, 2.05) is 0 Å². The molecule has 0 aromatic carbocycles. The number of aromatic nitrogens is 2. The summed E-state index contributed by atoms with van der Waals surface area (Å²) in [4.78, 5) is 34.0. The van der Waals surface area contributed by atoms with Crippen molar-refractivity contribution in [2.75, 3.05) is 19.6 Å². The number of carbonyl (C=O) groups is 1. The zero-order chi connectivity index (χ0) is 14.1. The molecule has 0 aliphatic carbocycles. The molecule has 0 saturated carbocycles. The van der Waals surface area contributed by atoms with E-state index in [0.29, 0.717) is 12.1 Å². The monoisotopic (exact) mass is 276 g/mol. The highest BCUT2D eigenvalue weighted by Gasteiger charge is 2.37. The van der Waals surface area contributed by atoms with Gasteiger partial charge in [0.05, 0.1) is 12.4 Å². The molecule has 0 unspecified atom stereocenters. The van der Waals surface area contributed by atoms with Crippen molar-refractivity contribution in [1.82, 2.24) is 19.8 Å². The van der Waals surface area contributed by atoms with E-state index in [9.17, 15) is 9.59 Å². The highest BCUT2D eigenvalue weighted by atomic mass is 16.2. The first-order chi connectivity index (χ1) is 9.65. The van der Waals surface area contributed by atoms with Crippen molar-refractivity contribution in [2.24, 2.45) is 0 Å². The Hall–Kier alpha value is -1.69. The summed E-state index contributed by atoms with van der Waals surface area (Å²) < 4.78 is 0. The van der Waals surface area contributed by atoms with Gasteiger partial charge in [-0.15, -0.1) is 0 Å². The van der Waals surface area contributed by atoms with Crippen LogP contribution in [0.25, 0.3) is 0 Å². The fraction of sp³-hybridized carbons (Fsp3) is 0.643. The normalized spacial score (nSPS) is 24.4. The molecule has 0 radical (unpaired) electrons. The number of hydrogen-bond acceptors (Lipinski definition) is 4. The van der Waals surface area contributed by atoms with Crippen LogP contribution >= 0.6 is 0 Å². The number of H-pyrrole nitrogens is 1. The number of aromatic amines is 1. The smallest absolute Gasteiger partial charge is 0.272 e. The van der Waals surface area contributed by atoms with E-state index in [2.05, 4.69) is 21.8 Å². The number of nitrogens with one attached hydrogen (secondary N) is 1. The van der Waals surface area contributed by atoms with Crippen LogP contribution < -0.4 is 5.56 Å². The lowest BCUT2D eigenvalue weighted by molar-refractivity contribution is 0.00177. The molecule has 6 heteroatoms. The zero-order valence-electron chi connectivity index (χ0n) is 11.7. The summed E-state index contributed by atoms with van der Waals surface area (Å²) in [5, 5.41) is 0. The molecule has 2 saturated heterocycles. The van der Waals surface area contributed by atoms with Gasteiger partial charge in [-0.25, -0.2) is 0 Å². The third kappa shape index (κ3) is 2.47. The lowest BCUT2D eigenvalue weighted by atomic mass is 9.97. The maximum Gasteiger partial charge on any atom is 0.272 e. The molecule has 1 aromatic rings. The molecule has 0 bridgehead atoms. The van der Waals surface area contributed by atoms with Crippen LogP contribution in [-0.4, -0.2) is 57.4 Å². The maximum absolute atomic E-state index is 12.2. The average molecular weight is 276 g/mol. The van der Waals surface area contributed by atoms with E-state index in [0.717, 1.165) is 19.6 Å². The second kappa shape index (κ2) is 5.36. The van der Waals surface area contributed by atoms with Gasteiger partial charge >= 0.3 is 0 Å². The Morgan fingerprint density at radius 1 is 1.35 bits per heavy atom. The third-order valence-electron chi connectivity index (χ3n) is 4.36. The van der Waals surface area contributed by atoms with Crippen LogP contribution in [-0.2, 0) is 0 Å². The summed E-state index contributed by atoms with van der Waals surface area (Å²) in [5.41, 5.74) is -0.0554. The van der Waals surface area contributed by atoms with Crippen molar-refractivity contribution < 1.29 is 4.79 Å². The topological polar surface area (TPSA) is 69.3 Å². The van der Waals surface area contributed by atoms with Crippen molar-refractivity contribution >= 4 is 5.91 Å². The minimum Gasteiger partial charge on any atom is -0.334 e. The lowest BCUT2D eigenvalue weighted by Gasteiger charge is -2.49. The Morgan fingerprint density at radius 2 is 2.15 bits per heavy atom. The minimum absolute atomic E-state index is 0.129. The molecule has 20 heavy (non-hydrogen) atoms. The molecule has 2 fully saturated rings. The van der Waals surface area contributed by atoms with Crippen LogP contribution in [0.2, 0.25) is 0 Å². The van der Waals surface area contributed by atoms with Crippen molar-refractivity contribution in [3.63, 3.8) is 0 Å². The number of amides is 1. The van der Waals surface area contributed by atoms with Gasteiger partial charge in [-0.3, -0.25) is 19.5 Å². The van der Waals surface area contributed by atoms with Crippen LogP contribution in [0.3, 0.4) is 0 Å². The first-order valence-corrected chi connectivity index (χ1v) is 7.24. The van der Waals surface area contributed by atoms with E-state index in [-0.39, 0.29) is 17.2 Å². The van der Waals surface area contributed by atoms with E-state index < -0.39 is 0 Å². The zero-order valence-corrected chi connectivity index (χ0v) is 11.7. The van der Waals surface area contributed by atoms with E-state index >= 15 is 0 Å². The first-order valence-electron chi connectivity index (χ1n) is 7.24. The van der Waals surface area contributed by atoms with Crippen LogP contribution in [0.1, 0.15) is 36.7 Å². The van der Waals surface area contributed by atoms with Gasteiger partial charge in [-0.05, 0) is 26.3 Å². The molecule has 2 aliphatic rings. The van der Waals surface area contributed by atoms with Gasteiger partial charge in [-0.2, -0.15) is 0 Å². The number of rotatable bonds is 2. The first kappa shape index (κ1) is 13.3. The van der Waals surface area contributed by atoms with Gasteiger partial charge in [0.25, 0.3) is 11.5 Å². The molecular weight excluding hydrogens is 256 g/mol. The SMILES string of the molecule is C[C@H]1CCCCN1C1CN(C(=O)c2cncc(=O)[nH]2)C1. The molecule has 108 valence electrons. The molecule has 3 rings (SSSR count). The third-order valence-corrected chi connectivity index (χ3v) is 4.36. The van der Waals surface area contributed by atoms with Gasteiger partial charge in [-0.1, -0.05) is 6.42 Å². The van der Waals surface area contributed by atoms with Gasteiger partial charge in [0.2, 0.25) is 0 Å². The van der Waals surface area contributed by atoms with E-state index in [1.165, 1.54) is 31.7 Å². The Morgan fingerprint density at radius 3 is 2.85 bits per heavy atom. The van der Waals surface area contributed by atoms with Gasteiger partial charge < -0.3 is 9.88 Å². The van der Waals surface area contributed by atoms with Gasteiger partial charge in [0, 0.05) is 25.2 Å². The Balaban J connectivity index is 1.60. The highest BCUT2D eigenvalue weighted by molar-refractivity contribution is 5.92. The molecule has 1 amide bonds. The molecule has 6 nitrogen and oxygen atoms in total. The predicted octanol–water partition coefficient (Wildman–Crippen LogP) is 0.469. The summed E-state index contributed by atoms with van der Waals surface area (Å²) in [7, 11) is 0. The maximum atomic E-state index is 12.2.